The fraction of sp³-hybridized carbons (Fsp3) is 0.556. The number of benzene rings is 1. The summed E-state index contributed by atoms with van der Waals surface area (Å²) >= 11 is 0. The standard InChI is InChI=1S/C16H13F5N2O3.C11H14F2N2O/c17-15(18,16(19,20)21)14-22-12(9-26-14)10-1-3-11(4-2-10)13(24)23-5-7-25-8-6-23;12-11(13)3-1-2-8(6-11)9(16)15-10(7-14)4-5-10/h1-4,9H,5-8H2;8H,1-6H2,(H,15,16). The first-order valence-corrected chi connectivity index (χ1v) is 13.2. The number of halogens is 7. The number of aromatic nitrogens is 1. The highest BCUT2D eigenvalue weighted by atomic mass is 19.4. The van der Waals surface area contributed by atoms with Crippen molar-refractivity contribution < 1.29 is 49.5 Å². The summed E-state index contributed by atoms with van der Waals surface area (Å²) in [5, 5.41) is 11.4. The molecule has 42 heavy (non-hydrogen) atoms. The highest BCUT2D eigenvalue weighted by Crippen LogP contribution is 2.44. The van der Waals surface area contributed by atoms with Gasteiger partial charge in [-0.2, -0.15) is 27.2 Å². The lowest BCUT2D eigenvalue weighted by Crippen LogP contribution is -2.43. The van der Waals surface area contributed by atoms with Gasteiger partial charge in [-0.3, -0.25) is 9.59 Å². The summed E-state index contributed by atoms with van der Waals surface area (Å²) in [6, 6.07) is 7.73. The summed E-state index contributed by atoms with van der Waals surface area (Å²) in [6.07, 6.45) is -3.43. The third-order valence-electron chi connectivity index (χ3n) is 7.19. The maximum Gasteiger partial charge on any atom is 0.463 e. The fourth-order valence-corrected chi connectivity index (χ4v) is 4.53. The number of nitrogens with zero attached hydrogens (tertiary/aromatic N) is 3. The normalized spacial score (nSPS) is 21.4. The largest absolute Gasteiger partial charge is 0.463 e. The molecule has 2 amide bonds. The molecule has 1 aromatic carbocycles. The van der Waals surface area contributed by atoms with E-state index < -0.39 is 35.4 Å². The van der Waals surface area contributed by atoms with E-state index in [-0.39, 0.29) is 35.9 Å². The van der Waals surface area contributed by atoms with Gasteiger partial charge in [0.15, 0.2) is 0 Å². The predicted octanol–water partition coefficient (Wildman–Crippen LogP) is 5.45. The zero-order valence-corrected chi connectivity index (χ0v) is 22.2. The summed E-state index contributed by atoms with van der Waals surface area (Å²) in [6.45, 7) is 1.80. The monoisotopic (exact) mass is 604 g/mol. The molecule has 0 radical (unpaired) electrons. The average Bonchev–Trinajstić information content (AvgIpc) is 3.54. The molecule has 8 nitrogen and oxygen atoms in total. The first-order valence-electron chi connectivity index (χ1n) is 13.2. The van der Waals surface area contributed by atoms with Crippen molar-refractivity contribution in [2.75, 3.05) is 26.3 Å². The fourth-order valence-electron chi connectivity index (χ4n) is 4.53. The third kappa shape index (κ3) is 7.21. The van der Waals surface area contributed by atoms with Crippen molar-refractivity contribution >= 4 is 11.8 Å². The number of morpholine rings is 1. The SMILES string of the molecule is N#CC1(NC(=O)C2CCCC(F)(F)C2)CC1.O=C(c1ccc(-c2coc(C(F)(F)C(F)(F)F)n2)cc1)N1CCOCC1. The van der Waals surface area contributed by atoms with E-state index in [1.54, 1.807) is 4.90 Å². The van der Waals surface area contributed by atoms with Gasteiger partial charge in [0, 0.05) is 43.0 Å². The van der Waals surface area contributed by atoms with Gasteiger partial charge in [0.2, 0.25) is 11.8 Å². The summed E-state index contributed by atoms with van der Waals surface area (Å²) in [7, 11) is 0. The van der Waals surface area contributed by atoms with Gasteiger partial charge in [-0.25, -0.2) is 13.8 Å². The van der Waals surface area contributed by atoms with Crippen LogP contribution in [-0.2, 0) is 15.5 Å². The molecule has 3 aliphatic rings. The maximum absolute atomic E-state index is 13.2. The Balaban J connectivity index is 0.000000216. The van der Waals surface area contributed by atoms with Crippen molar-refractivity contribution in [1.82, 2.24) is 15.2 Å². The van der Waals surface area contributed by atoms with Gasteiger partial charge < -0.3 is 19.4 Å². The Morgan fingerprint density at radius 3 is 2.24 bits per heavy atom. The number of rotatable bonds is 5. The van der Waals surface area contributed by atoms with Crippen molar-refractivity contribution in [2.45, 2.75) is 62.1 Å². The zero-order valence-electron chi connectivity index (χ0n) is 22.2. The molecule has 228 valence electrons. The Labute approximate surface area is 235 Å². The van der Waals surface area contributed by atoms with Crippen LogP contribution in [0.5, 0.6) is 0 Å². The van der Waals surface area contributed by atoms with Gasteiger partial charge in [-0.1, -0.05) is 12.1 Å². The number of amides is 2. The van der Waals surface area contributed by atoms with Gasteiger partial charge in [0.05, 0.1) is 19.3 Å². The summed E-state index contributed by atoms with van der Waals surface area (Å²) in [4.78, 5) is 28.9. The minimum atomic E-state index is -5.80. The number of nitrogens with one attached hydrogen (secondary N) is 1. The number of hydrogen-bond acceptors (Lipinski definition) is 6. The van der Waals surface area contributed by atoms with Crippen LogP contribution in [0.4, 0.5) is 30.7 Å². The van der Waals surface area contributed by atoms with E-state index in [9.17, 15) is 40.3 Å². The molecule has 5 rings (SSSR count). The predicted molar refractivity (Wildman–Crippen MR) is 131 cm³/mol. The lowest BCUT2D eigenvalue weighted by atomic mass is 9.86. The number of carbonyl (C=O) groups excluding carboxylic acids is 2. The Morgan fingerprint density at radius 2 is 1.69 bits per heavy atom. The molecule has 2 heterocycles. The second kappa shape index (κ2) is 11.9. The van der Waals surface area contributed by atoms with Gasteiger partial charge in [0.25, 0.3) is 11.8 Å². The van der Waals surface area contributed by atoms with Crippen LogP contribution in [0.25, 0.3) is 11.3 Å². The Hall–Kier alpha value is -3.67. The molecular formula is C27H27F7N4O4. The number of ether oxygens (including phenoxy) is 1. The van der Waals surface area contributed by atoms with Crippen LogP contribution < -0.4 is 5.32 Å². The Bertz CT molecular complexity index is 1310. The van der Waals surface area contributed by atoms with Gasteiger partial charge in [-0.15, -0.1) is 0 Å². The zero-order chi connectivity index (χ0) is 30.8. The van der Waals surface area contributed by atoms with Gasteiger partial charge in [0.1, 0.15) is 17.5 Å². The molecule has 2 aliphatic carbocycles. The number of alkyl halides is 7. The molecule has 0 bridgehead atoms. The third-order valence-corrected chi connectivity index (χ3v) is 7.19. The van der Waals surface area contributed by atoms with Crippen LogP contribution in [-0.4, -0.2) is 65.6 Å². The van der Waals surface area contributed by atoms with Crippen LogP contribution in [0.1, 0.15) is 54.8 Å². The highest BCUT2D eigenvalue weighted by molar-refractivity contribution is 5.94. The summed E-state index contributed by atoms with van der Waals surface area (Å²) < 4.78 is 99.2. The lowest BCUT2D eigenvalue weighted by Gasteiger charge is -2.28. The van der Waals surface area contributed by atoms with E-state index in [0.717, 1.165) is 0 Å². The molecule has 0 spiro atoms. The minimum Gasteiger partial charge on any atom is -0.443 e. The minimum absolute atomic E-state index is 0.125. The van der Waals surface area contributed by atoms with Crippen molar-refractivity contribution in [3.63, 3.8) is 0 Å². The maximum atomic E-state index is 13.2. The van der Waals surface area contributed by atoms with E-state index in [4.69, 9.17) is 10.00 Å². The molecule has 2 aromatic rings. The van der Waals surface area contributed by atoms with Crippen LogP contribution in [0.15, 0.2) is 34.9 Å². The van der Waals surface area contributed by atoms with E-state index >= 15 is 0 Å². The second-order valence-corrected chi connectivity index (χ2v) is 10.4. The second-order valence-electron chi connectivity index (χ2n) is 10.4. The van der Waals surface area contributed by atoms with Crippen LogP contribution >= 0.6 is 0 Å². The first kappa shape index (κ1) is 31.3. The van der Waals surface area contributed by atoms with E-state index in [1.165, 1.54) is 24.3 Å². The molecule has 15 heteroatoms. The molecule has 1 atom stereocenters. The smallest absolute Gasteiger partial charge is 0.443 e. The number of hydrogen-bond donors (Lipinski definition) is 1. The average molecular weight is 605 g/mol. The van der Waals surface area contributed by atoms with E-state index in [1.807, 2.05) is 6.07 Å². The Kier molecular flexibility index (Phi) is 8.86. The molecule has 2 saturated carbocycles. The van der Waals surface area contributed by atoms with Gasteiger partial charge in [-0.05, 0) is 37.8 Å². The molecule has 1 N–H and O–H groups in total. The molecule has 1 aromatic heterocycles. The lowest BCUT2D eigenvalue weighted by molar-refractivity contribution is -0.297. The van der Waals surface area contributed by atoms with Crippen LogP contribution in [0, 0.1) is 17.2 Å². The van der Waals surface area contributed by atoms with Crippen molar-refractivity contribution in [1.29, 1.82) is 5.26 Å². The van der Waals surface area contributed by atoms with Gasteiger partial charge >= 0.3 is 12.1 Å². The van der Waals surface area contributed by atoms with E-state index in [0.29, 0.717) is 63.8 Å². The topological polar surface area (TPSA) is 108 Å². The van der Waals surface area contributed by atoms with Crippen molar-refractivity contribution in [3.05, 3.63) is 42.0 Å². The number of oxazole rings is 1. The van der Waals surface area contributed by atoms with Crippen LogP contribution in [0.2, 0.25) is 0 Å². The molecule has 1 unspecified atom stereocenters. The van der Waals surface area contributed by atoms with Crippen molar-refractivity contribution in [2.24, 2.45) is 5.92 Å². The summed E-state index contributed by atoms with van der Waals surface area (Å²) in [5.41, 5.74) is -0.324. The quantitative estimate of drug-likeness (QED) is 0.455. The molecule has 3 fully saturated rings. The molecular weight excluding hydrogens is 577 g/mol. The highest BCUT2D eigenvalue weighted by Gasteiger charge is 2.62. The van der Waals surface area contributed by atoms with Crippen molar-refractivity contribution in [3.8, 4) is 17.3 Å². The first-order chi connectivity index (χ1) is 19.7. The van der Waals surface area contributed by atoms with E-state index in [2.05, 4.69) is 14.7 Å². The molecule has 1 saturated heterocycles. The summed E-state index contributed by atoms with van der Waals surface area (Å²) in [5.74, 6) is -10.9. The number of carbonyl (C=O) groups is 2. The molecule has 1 aliphatic heterocycles. The Morgan fingerprint density at radius 1 is 1.05 bits per heavy atom. The number of nitriles is 1. The van der Waals surface area contributed by atoms with Crippen LogP contribution in [0.3, 0.4) is 0 Å².